The van der Waals surface area contributed by atoms with Crippen molar-refractivity contribution in [1.29, 1.82) is 0 Å². The van der Waals surface area contributed by atoms with Gasteiger partial charge in [0.1, 0.15) is 5.78 Å². The monoisotopic (exact) mass is 277 g/mol. The van der Waals surface area contributed by atoms with E-state index in [9.17, 15) is 9.59 Å². The molecule has 1 aromatic rings. The van der Waals surface area contributed by atoms with Crippen molar-refractivity contribution >= 4 is 17.5 Å². The Kier molecular flexibility index (Phi) is 6.28. The summed E-state index contributed by atoms with van der Waals surface area (Å²) in [5.74, 6) is 1.17. The van der Waals surface area contributed by atoms with Crippen LogP contribution in [0.4, 0.5) is 5.82 Å². The lowest BCUT2D eigenvalue weighted by Gasteiger charge is -2.07. The van der Waals surface area contributed by atoms with E-state index >= 15 is 0 Å². The third-order valence-electron chi connectivity index (χ3n) is 2.58. The van der Waals surface area contributed by atoms with E-state index in [1.54, 1.807) is 6.20 Å². The standard InChI is InChI=1S/C15H23N3O2/c1-10(2)5-13(19)7-12-8-17-14(9-16-12)18-15(20)6-11(3)4/h8-11H,5-7H2,1-4H3,(H,17,18,20). The molecule has 0 aliphatic heterocycles. The topological polar surface area (TPSA) is 72.0 Å². The van der Waals surface area contributed by atoms with Crippen LogP contribution in [0.1, 0.15) is 46.2 Å². The SMILES string of the molecule is CC(C)CC(=O)Cc1cnc(NC(=O)CC(C)C)cn1. The Bertz CT molecular complexity index is 410. The van der Waals surface area contributed by atoms with E-state index in [0.717, 1.165) is 0 Å². The number of carbonyl (C=O) groups is 2. The van der Waals surface area contributed by atoms with Crippen molar-refractivity contribution in [3.05, 3.63) is 18.1 Å². The third-order valence-corrected chi connectivity index (χ3v) is 2.58. The molecule has 0 aliphatic carbocycles. The second kappa shape index (κ2) is 7.72. The van der Waals surface area contributed by atoms with Gasteiger partial charge in [0, 0.05) is 12.8 Å². The first kappa shape index (κ1) is 16.3. The Morgan fingerprint density at radius 2 is 1.70 bits per heavy atom. The first-order chi connectivity index (χ1) is 9.36. The summed E-state index contributed by atoms with van der Waals surface area (Å²) < 4.78 is 0. The van der Waals surface area contributed by atoms with Crippen LogP contribution in [0.25, 0.3) is 0 Å². The molecule has 0 saturated carbocycles. The molecule has 0 aliphatic rings. The molecule has 1 amide bonds. The highest BCUT2D eigenvalue weighted by Crippen LogP contribution is 2.08. The van der Waals surface area contributed by atoms with Gasteiger partial charge in [0.15, 0.2) is 5.82 Å². The molecule has 1 aromatic heterocycles. The van der Waals surface area contributed by atoms with E-state index in [1.165, 1.54) is 6.20 Å². The number of hydrogen-bond donors (Lipinski definition) is 1. The molecule has 5 nitrogen and oxygen atoms in total. The molecular weight excluding hydrogens is 254 g/mol. The fourth-order valence-corrected chi connectivity index (χ4v) is 1.80. The molecule has 0 aromatic carbocycles. The van der Waals surface area contributed by atoms with Gasteiger partial charge in [-0.2, -0.15) is 0 Å². The number of nitrogens with zero attached hydrogens (tertiary/aromatic N) is 2. The van der Waals surface area contributed by atoms with Gasteiger partial charge in [-0.25, -0.2) is 4.98 Å². The number of aromatic nitrogens is 2. The minimum Gasteiger partial charge on any atom is -0.309 e. The van der Waals surface area contributed by atoms with Crippen LogP contribution in [-0.4, -0.2) is 21.7 Å². The molecule has 0 bridgehead atoms. The van der Waals surface area contributed by atoms with E-state index in [4.69, 9.17) is 0 Å². The lowest BCUT2D eigenvalue weighted by atomic mass is 10.0. The van der Waals surface area contributed by atoms with Crippen molar-refractivity contribution < 1.29 is 9.59 Å². The zero-order valence-corrected chi connectivity index (χ0v) is 12.6. The van der Waals surface area contributed by atoms with Crippen LogP contribution in [0.2, 0.25) is 0 Å². The van der Waals surface area contributed by atoms with Crippen molar-refractivity contribution in [3.8, 4) is 0 Å². The van der Waals surface area contributed by atoms with Gasteiger partial charge >= 0.3 is 0 Å². The van der Waals surface area contributed by atoms with Crippen molar-refractivity contribution in [3.63, 3.8) is 0 Å². The van der Waals surface area contributed by atoms with E-state index in [1.807, 2.05) is 27.7 Å². The predicted molar refractivity (Wildman–Crippen MR) is 78.3 cm³/mol. The molecule has 20 heavy (non-hydrogen) atoms. The number of amides is 1. The number of Topliss-reactive ketones (excluding diaryl/α,β-unsaturated/α-hetero) is 1. The number of anilines is 1. The summed E-state index contributed by atoms with van der Waals surface area (Å²) in [6.07, 6.45) is 4.34. The molecule has 0 saturated heterocycles. The molecule has 1 rings (SSSR count). The lowest BCUT2D eigenvalue weighted by molar-refractivity contribution is -0.119. The fourth-order valence-electron chi connectivity index (χ4n) is 1.80. The van der Waals surface area contributed by atoms with Gasteiger partial charge in [-0.15, -0.1) is 0 Å². The lowest BCUT2D eigenvalue weighted by Crippen LogP contribution is -2.15. The number of ketones is 1. The molecular formula is C15H23N3O2. The summed E-state index contributed by atoms with van der Waals surface area (Å²) >= 11 is 0. The second-order valence-corrected chi connectivity index (χ2v) is 5.85. The van der Waals surface area contributed by atoms with Crippen LogP contribution in [0.5, 0.6) is 0 Å². The van der Waals surface area contributed by atoms with Crippen LogP contribution in [0, 0.1) is 11.8 Å². The average molecular weight is 277 g/mol. The largest absolute Gasteiger partial charge is 0.309 e. The minimum atomic E-state index is -0.0714. The van der Waals surface area contributed by atoms with E-state index < -0.39 is 0 Å². The van der Waals surface area contributed by atoms with Crippen molar-refractivity contribution in [2.45, 2.75) is 47.0 Å². The number of hydrogen-bond acceptors (Lipinski definition) is 4. The molecule has 0 spiro atoms. The van der Waals surface area contributed by atoms with Crippen molar-refractivity contribution in [2.75, 3.05) is 5.32 Å². The van der Waals surface area contributed by atoms with Crippen LogP contribution >= 0.6 is 0 Å². The van der Waals surface area contributed by atoms with Gasteiger partial charge in [0.25, 0.3) is 0 Å². The van der Waals surface area contributed by atoms with Crippen LogP contribution in [0.15, 0.2) is 12.4 Å². The minimum absolute atomic E-state index is 0.0714. The first-order valence-corrected chi connectivity index (χ1v) is 6.99. The molecule has 0 fully saturated rings. The molecule has 1 N–H and O–H groups in total. The Balaban J connectivity index is 2.52. The summed E-state index contributed by atoms with van der Waals surface area (Å²) in [5.41, 5.74) is 0.637. The Morgan fingerprint density at radius 1 is 1.05 bits per heavy atom. The molecule has 0 atom stereocenters. The Hall–Kier alpha value is -1.78. The summed E-state index contributed by atoms with van der Waals surface area (Å²) in [7, 11) is 0. The molecule has 110 valence electrons. The van der Waals surface area contributed by atoms with Gasteiger partial charge in [-0.05, 0) is 11.8 Å². The van der Waals surface area contributed by atoms with E-state index in [-0.39, 0.29) is 11.7 Å². The second-order valence-electron chi connectivity index (χ2n) is 5.85. The van der Waals surface area contributed by atoms with Crippen molar-refractivity contribution in [1.82, 2.24) is 9.97 Å². The van der Waals surface area contributed by atoms with Gasteiger partial charge in [-0.1, -0.05) is 27.7 Å². The highest BCUT2D eigenvalue weighted by atomic mass is 16.1. The molecule has 0 unspecified atom stereocenters. The number of rotatable bonds is 7. The summed E-state index contributed by atoms with van der Waals surface area (Å²) in [6, 6.07) is 0. The summed E-state index contributed by atoms with van der Waals surface area (Å²) in [6.45, 7) is 7.98. The van der Waals surface area contributed by atoms with Gasteiger partial charge < -0.3 is 5.32 Å². The summed E-state index contributed by atoms with van der Waals surface area (Å²) in [4.78, 5) is 31.5. The van der Waals surface area contributed by atoms with E-state index in [2.05, 4.69) is 15.3 Å². The maximum absolute atomic E-state index is 11.7. The number of carbonyl (C=O) groups excluding carboxylic acids is 2. The summed E-state index contributed by atoms with van der Waals surface area (Å²) in [5, 5.41) is 2.69. The zero-order valence-electron chi connectivity index (χ0n) is 12.6. The maximum atomic E-state index is 11.7. The van der Waals surface area contributed by atoms with E-state index in [0.29, 0.717) is 42.6 Å². The van der Waals surface area contributed by atoms with Crippen molar-refractivity contribution in [2.24, 2.45) is 11.8 Å². The van der Waals surface area contributed by atoms with Crippen LogP contribution in [-0.2, 0) is 16.0 Å². The van der Waals surface area contributed by atoms with Gasteiger partial charge in [-0.3, -0.25) is 14.6 Å². The quantitative estimate of drug-likeness (QED) is 0.831. The predicted octanol–water partition coefficient (Wildman–Crippen LogP) is 2.62. The average Bonchev–Trinajstić information content (AvgIpc) is 2.29. The maximum Gasteiger partial charge on any atom is 0.225 e. The molecule has 5 heteroatoms. The highest BCUT2D eigenvalue weighted by Gasteiger charge is 2.09. The normalized spacial score (nSPS) is 10.9. The van der Waals surface area contributed by atoms with Crippen LogP contribution < -0.4 is 5.32 Å². The number of nitrogens with one attached hydrogen (secondary N) is 1. The molecule has 1 heterocycles. The smallest absolute Gasteiger partial charge is 0.225 e. The fraction of sp³-hybridized carbons (Fsp3) is 0.600. The first-order valence-electron chi connectivity index (χ1n) is 6.99. The Morgan fingerprint density at radius 3 is 2.20 bits per heavy atom. The third kappa shape index (κ3) is 6.41. The van der Waals surface area contributed by atoms with Crippen LogP contribution in [0.3, 0.4) is 0 Å². The Labute approximate surface area is 120 Å². The van der Waals surface area contributed by atoms with Gasteiger partial charge in [0.2, 0.25) is 5.91 Å². The van der Waals surface area contributed by atoms with Gasteiger partial charge in [0.05, 0.1) is 24.5 Å². The molecule has 0 radical (unpaired) electrons. The zero-order chi connectivity index (χ0) is 15.1. The highest BCUT2D eigenvalue weighted by molar-refractivity contribution is 5.89.